The first-order valence-corrected chi connectivity index (χ1v) is 8.79. The van der Waals surface area contributed by atoms with Crippen LogP contribution < -0.4 is 10.6 Å². The quantitative estimate of drug-likeness (QED) is 0.591. The lowest BCUT2D eigenvalue weighted by Gasteiger charge is -2.18. The topological polar surface area (TPSA) is 49.3 Å². The van der Waals surface area contributed by atoms with Gasteiger partial charge in [-0.1, -0.05) is 23.7 Å². The number of aromatic nitrogens is 1. The lowest BCUT2D eigenvalue weighted by atomic mass is 10.1. The molecule has 2 N–H and O–H groups in total. The highest BCUT2D eigenvalue weighted by Crippen LogP contribution is 2.30. The predicted octanol–water partition coefficient (Wildman–Crippen LogP) is 4.28. The number of benzene rings is 1. The Kier molecular flexibility index (Phi) is 6.66. The van der Waals surface area contributed by atoms with E-state index >= 15 is 0 Å². The molecule has 0 amide bonds. The molecular formula is C16H18ClF3N4S. The average molecular weight is 391 g/mol. The van der Waals surface area contributed by atoms with Crippen LogP contribution in [0, 0.1) is 0 Å². The third-order valence-corrected chi connectivity index (χ3v) is 4.54. The summed E-state index contributed by atoms with van der Waals surface area (Å²) in [4.78, 5) is 7.72. The summed E-state index contributed by atoms with van der Waals surface area (Å²) in [5, 5.41) is 8.39. The summed E-state index contributed by atoms with van der Waals surface area (Å²) < 4.78 is 37.6. The molecule has 2 rings (SSSR count). The molecule has 0 aliphatic carbocycles. The molecule has 1 aromatic carbocycles. The van der Waals surface area contributed by atoms with Crippen LogP contribution in [-0.4, -0.2) is 24.5 Å². The molecule has 1 atom stereocenters. The molecule has 0 spiro atoms. The van der Waals surface area contributed by atoms with Crippen LogP contribution in [0.5, 0.6) is 0 Å². The molecular weight excluding hydrogens is 373 g/mol. The van der Waals surface area contributed by atoms with E-state index in [4.69, 9.17) is 11.6 Å². The van der Waals surface area contributed by atoms with Crippen LogP contribution in [0.3, 0.4) is 0 Å². The number of thiazole rings is 1. The number of nitrogens with zero attached hydrogens (tertiary/aromatic N) is 2. The van der Waals surface area contributed by atoms with Gasteiger partial charge >= 0.3 is 6.18 Å². The lowest BCUT2D eigenvalue weighted by molar-refractivity contribution is -0.140. The predicted molar refractivity (Wildman–Crippen MR) is 95.2 cm³/mol. The van der Waals surface area contributed by atoms with Crippen molar-refractivity contribution in [2.75, 3.05) is 13.6 Å². The molecule has 0 saturated carbocycles. The molecule has 1 aromatic heterocycles. The van der Waals surface area contributed by atoms with Crippen LogP contribution in [0.4, 0.5) is 13.2 Å². The fraction of sp³-hybridized carbons (Fsp3) is 0.375. The summed E-state index contributed by atoms with van der Waals surface area (Å²) in [7, 11) is 1.63. The SMILES string of the molecule is CN=C(NCCc1nc(C(F)(F)F)cs1)NC(C)c1cccc(Cl)c1. The highest BCUT2D eigenvalue weighted by Gasteiger charge is 2.33. The number of alkyl halides is 3. The first-order chi connectivity index (χ1) is 11.8. The smallest absolute Gasteiger partial charge is 0.356 e. The molecule has 1 heterocycles. The summed E-state index contributed by atoms with van der Waals surface area (Å²) >= 11 is 6.99. The van der Waals surface area contributed by atoms with E-state index in [-0.39, 0.29) is 6.04 Å². The summed E-state index contributed by atoms with van der Waals surface area (Å²) in [5.74, 6) is 0.556. The van der Waals surface area contributed by atoms with Gasteiger partial charge in [-0.3, -0.25) is 4.99 Å². The van der Waals surface area contributed by atoms with Crippen molar-refractivity contribution in [3.63, 3.8) is 0 Å². The number of aliphatic imine (C=N–C) groups is 1. The van der Waals surface area contributed by atoms with Gasteiger partial charge in [-0.2, -0.15) is 13.2 Å². The maximum absolute atomic E-state index is 12.5. The fourth-order valence-electron chi connectivity index (χ4n) is 2.10. The molecule has 0 bridgehead atoms. The monoisotopic (exact) mass is 390 g/mol. The Morgan fingerprint density at radius 3 is 2.76 bits per heavy atom. The lowest BCUT2D eigenvalue weighted by Crippen LogP contribution is -2.39. The Hall–Kier alpha value is -1.80. The van der Waals surface area contributed by atoms with Crippen LogP contribution >= 0.6 is 22.9 Å². The average Bonchev–Trinajstić information content (AvgIpc) is 3.03. The zero-order valence-electron chi connectivity index (χ0n) is 13.7. The second-order valence-corrected chi connectivity index (χ2v) is 6.67. The molecule has 0 saturated heterocycles. The Labute approximate surface area is 153 Å². The van der Waals surface area contributed by atoms with Gasteiger partial charge in [-0.15, -0.1) is 11.3 Å². The van der Waals surface area contributed by atoms with E-state index < -0.39 is 11.9 Å². The maximum Gasteiger partial charge on any atom is 0.434 e. The summed E-state index contributed by atoms with van der Waals surface area (Å²) in [6.07, 6.45) is -4.01. The molecule has 4 nitrogen and oxygen atoms in total. The molecule has 0 fully saturated rings. The van der Waals surface area contributed by atoms with Gasteiger partial charge in [0.15, 0.2) is 11.7 Å². The fourth-order valence-corrected chi connectivity index (χ4v) is 3.11. The van der Waals surface area contributed by atoms with Crippen molar-refractivity contribution in [1.82, 2.24) is 15.6 Å². The van der Waals surface area contributed by atoms with Crippen LogP contribution in [0.1, 0.15) is 29.2 Å². The molecule has 9 heteroatoms. The van der Waals surface area contributed by atoms with E-state index in [1.165, 1.54) is 0 Å². The van der Waals surface area contributed by atoms with Crippen LogP contribution in [0.2, 0.25) is 5.02 Å². The minimum absolute atomic E-state index is 0.0263. The minimum atomic E-state index is -4.40. The van der Waals surface area contributed by atoms with Crippen molar-refractivity contribution in [1.29, 1.82) is 0 Å². The Bertz CT molecular complexity index is 730. The van der Waals surface area contributed by atoms with Crippen LogP contribution in [-0.2, 0) is 12.6 Å². The van der Waals surface area contributed by atoms with Gasteiger partial charge in [-0.25, -0.2) is 4.98 Å². The molecule has 1 unspecified atom stereocenters. The highest BCUT2D eigenvalue weighted by molar-refractivity contribution is 7.09. The minimum Gasteiger partial charge on any atom is -0.356 e. The second-order valence-electron chi connectivity index (χ2n) is 5.29. The largest absolute Gasteiger partial charge is 0.434 e. The number of halogens is 4. The second kappa shape index (κ2) is 8.53. The normalized spacial score (nSPS) is 13.6. The van der Waals surface area contributed by atoms with Gasteiger partial charge in [0.2, 0.25) is 0 Å². The van der Waals surface area contributed by atoms with Crippen molar-refractivity contribution in [3.8, 4) is 0 Å². The molecule has 2 aromatic rings. The summed E-state index contributed by atoms with van der Waals surface area (Å²) in [5.41, 5.74) is 0.162. The van der Waals surface area contributed by atoms with E-state index in [0.717, 1.165) is 22.3 Å². The van der Waals surface area contributed by atoms with Crippen molar-refractivity contribution in [2.45, 2.75) is 25.6 Å². The number of rotatable bonds is 5. The number of guanidine groups is 1. The zero-order chi connectivity index (χ0) is 18.4. The van der Waals surface area contributed by atoms with E-state index in [1.807, 2.05) is 25.1 Å². The first kappa shape index (κ1) is 19.5. The standard InChI is InChI=1S/C16H18ClF3N4S/c1-10(11-4-3-5-12(17)8-11)23-15(21-2)22-7-6-14-24-13(9-25-14)16(18,19)20/h3-5,8-10H,6-7H2,1-2H3,(H2,21,22,23). The van der Waals surface area contributed by atoms with Crippen molar-refractivity contribution in [2.24, 2.45) is 4.99 Å². The molecule has 0 radical (unpaired) electrons. The first-order valence-electron chi connectivity index (χ1n) is 7.54. The zero-order valence-corrected chi connectivity index (χ0v) is 15.3. The summed E-state index contributed by atoms with van der Waals surface area (Å²) in [6, 6.07) is 7.45. The van der Waals surface area contributed by atoms with Gasteiger partial charge in [0.05, 0.1) is 11.0 Å². The number of nitrogens with one attached hydrogen (secondary N) is 2. The van der Waals surface area contributed by atoms with Gasteiger partial charge < -0.3 is 10.6 Å². The number of hydrogen-bond donors (Lipinski definition) is 2. The third kappa shape index (κ3) is 5.89. The third-order valence-electron chi connectivity index (χ3n) is 3.40. The van der Waals surface area contributed by atoms with Gasteiger partial charge in [-0.05, 0) is 24.6 Å². The molecule has 0 aliphatic rings. The molecule has 0 aliphatic heterocycles. The van der Waals surface area contributed by atoms with Crippen LogP contribution in [0.15, 0.2) is 34.6 Å². The van der Waals surface area contributed by atoms with E-state index in [9.17, 15) is 13.2 Å². The van der Waals surface area contributed by atoms with E-state index in [2.05, 4.69) is 20.6 Å². The van der Waals surface area contributed by atoms with E-state index in [1.54, 1.807) is 13.1 Å². The van der Waals surface area contributed by atoms with Crippen LogP contribution in [0.25, 0.3) is 0 Å². The van der Waals surface area contributed by atoms with Gasteiger partial charge in [0.25, 0.3) is 0 Å². The van der Waals surface area contributed by atoms with Crippen molar-refractivity contribution >= 4 is 28.9 Å². The maximum atomic E-state index is 12.5. The van der Waals surface area contributed by atoms with Crippen molar-refractivity contribution in [3.05, 3.63) is 50.9 Å². The number of hydrogen-bond acceptors (Lipinski definition) is 3. The van der Waals surface area contributed by atoms with Crippen molar-refractivity contribution < 1.29 is 13.2 Å². The van der Waals surface area contributed by atoms with E-state index in [0.29, 0.717) is 29.0 Å². The Morgan fingerprint density at radius 1 is 1.40 bits per heavy atom. The van der Waals surface area contributed by atoms with Gasteiger partial charge in [0, 0.05) is 30.4 Å². The molecule has 25 heavy (non-hydrogen) atoms. The summed E-state index contributed by atoms with van der Waals surface area (Å²) in [6.45, 7) is 2.39. The highest BCUT2D eigenvalue weighted by atomic mass is 35.5. The van der Waals surface area contributed by atoms with Gasteiger partial charge in [0.1, 0.15) is 0 Å². The molecule has 136 valence electrons. The Balaban J connectivity index is 1.85. The Morgan fingerprint density at radius 2 is 2.16 bits per heavy atom.